The molecule has 116 valence electrons. The van der Waals surface area contributed by atoms with Crippen LogP contribution in [0.15, 0.2) is 18.2 Å². The number of hydrogen-bond acceptors (Lipinski definition) is 3. The van der Waals surface area contributed by atoms with Gasteiger partial charge < -0.3 is 14.9 Å². The normalized spacial score (nSPS) is 22.7. The van der Waals surface area contributed by atoms with E-state index < -0.39 is 28.7 Å². The first-order valence-corrected chi connectivity index (χ1v) is 6.93. The van der Waals surface area contributed by atoms with Gasteiger partial charge in [-0.1, -0.05) is 6.07 Å². The average molecular weight is 298 g/mol. The first kappa shape index (κ1) is 15.9. The van der Waals surface area contributed by atoms with Crippen LogP contribution >= 0.6 is 0 Å². The molecule has 1 amide bonds. The Morgan fingerprint density at radius 3 is 2.57 bits per heavy atom. The number of amides is 1. The Bertz CT molecular complexity index is 516. The second-order valence-corrected chi connectivity index (χ2v) is 5.89. The molecule has 1 N–H and O–H groups in total. The minimum atomic E-state index is -1.04. The number of aliphatic hydroxyl groups is 1. The molecule has 0 bridgehead atoms. The number of nitrogens with zero attached hydrogens (tertiary/aromatic N) is 2. The van der Waals surface area contributed by atoms with Gasteiger partial charge in [0.25, 0.3) is 5.91 Å². The number of rotatable bonds is 3. The fraction of sp³-hybridized carbons (Fsp3) is 0.533. The summed E-state index contributed by atoms with van der Waals surface area (Å²) in [6.07, 6.45) is 1.17. The van der Waals surface area contributed by atoms with Crippen molar-refractivity contribution in [3.63, 3.8) is 0 Å². The molecule has 4 nitrogen and oxygen atoms in total. The number of halogens is 2. The van der Waals surface area contributed by atoms with Crippen molar-refractivity contribution >= 4 is 5.91 Å². The fourth-order valence-electron chi connectivity index (χ4n) is 2.86. The van der Waals surface area contributed by atoms with Crippen molar-refractivity contribution in [1.29, 1.82) is 0 Å². The minimum Gasteiger partial charge on any atom is -0.387 e. The zero-order valence-electron chi connectivity index (χ0n) is 12.3. The Hall–Kier alpha value is -1.53. The van der Waals surface area contributed by atoms with Crippen LogP contribution in [-0.4, -0.2) is 60.1 Å². The highest BCUT2D eigenvalue weighted by Crippen LogP contribution is 2.24. The molecule has 0 aromatic heterocycles. The van der Waals surface area contributed by atoms with E-state index in [0.717, 1.165) is 12.1 Å². The minimum absolute atomic E-state index is 0.0811. The quantitative estimate of drug-likeness (QED) is 0.919. The van der Waals surface area contributed by atoms with Crippen LogP contribution in [-0.2, 0) is 0 Å². The Morgan fingerprint density at radius 1 is 1.38 bits per heavy atom. The summed E-state index contributed by atoms with van der Waals surface area (Å²) in [6.45, 7) is 0.872. The number of β-amino-alcohol motifs (C(OH)–C–C–N with tert-alkyl or cyclic N) is 1. The van der Waals surface area contributed by atoms with Crippen molar-refractivity contribution in [2.75, 3.05) is 33.7 Å². The van der Waals surface area contributed by atoms with Crippen LogP contribution in [0.5, 0.6) is 0 Å². The molecule has 0 spiro atoms. The molecule has 21 heavy (non-hydrogen) atoms. The molecular formula is C15H20F2N2O2. The van der Waals surface area contributed by atoms with E-state index in [2.05, 4.69) is 0 Å². The molecule has 0 saturated carbocycles. The number of carbonyl (C=O) groups excluding carboxylic acids is 1. The van der Waals surface area contributed by atoms with Crippen molar-refractivity contribution in [3.05, 3.63) is 35.4 Å². The third-order valence-corrected chi connectivity index (χ3v) is 3.63. The van der Waals surface area contributed by atoms with Gasteiger partial charge in [0.05, 0.1) is 12.1 Å². The molecule has 0 radical (unpaired) electrons. The first-order valence-electron chi connectivity index (χ1n) is 6.93. The van der Waals surface area contributed by atoms with E-state index >= 15 is 0 Å². The van der Waals surface area contributed by atoms with Crippen LogP contribution in [0.2, 0.25) is 0 Å². The summed E-state index contributed by atoms with van der Waals surface area (Å²) >= 11 is 0. The lowest BCUT2D eigenvalue weighted by atomic mass is 9.92. The van der Waals surface area contributed by atoms with Gasteiger partial charge in [-0.25, -0.2) is 8.78 Å². The van der Waals surface area contributed by atoms with Gasteiger partial charge in [0.1, 0.15) is 17.2 Å². The van der Waals surface area contributed by atoms with E-state index in [4.69, 9.17) is 0 Å². The summed E-state index contributed by atoms with van der Waals surface area (Å²) < 4.78 is 27.4. The highest BCUT2D eigenvalue weighted by atomic mass is 19.1. The lowest BCUT2D eigenvalue weighted by Gasteiger charge is -2.40. The third kappa shape index (κ3) is 3.57. The monoisotopic (exact) mass is 298 g/mol. The number of piperidine rings is 1. The molecule has 0 unspecified atom stereocenters. The molecule has 1 atom stereocenters. The van der Waals surface area contributed by atoms with Crippen molar-refractivity contribution in [2.24, 2.45) is 0 Å². The molecule has 0 aliphatic carbocycles. The summed E-state index contributed by atoms with van der Waals surface area (Å²) in [5, 5.41) is 10.5. The van der Waals surface area contributed by atoms with Gasteiger partial charge in [0.2, 0.25) is 0 Å². The standard InChI is InChI=1S/C15H20F2N2O2/c1-18(2)9-15(21)7-4-8-19(10-15)14(20)13-11(16)5-3-6-12(13)17/h3,5-6,21H,4,7-10H2,1-2H3/t15-/m0/s1. The van der Waals surface area contributed by atoms with Crippen LogP contribution in [0.25, 0.3) is 0 Å². The maximum absolute atomic E-state index is 13.7. The van der Waals surface area contributed by atoms with Gasteiger partial charge in [0, 0.05) is 13.1 Å². The molecule has 2 rings (SSSR count). The lowest BCUT2D eigenvalue weighted by molar-refractivity contribution is -0.0393. The van der Waals surface area contributed by atoms with Gasteiger partial charge >= 0.3 is 0 Å². The molecule has 1 aliphatic heterocycles. The number of carbonyl (C=O) groups is 1. The summed E-state index contributed by atoms with van der Waals surface area (Å²) in [4.78, 5) is 15.5. The topological polar surface area (TPSA) is 43.8 Å². The molecule has 6 heteroatoms. The zero-order valence-corrected chi connectivity index (χ0v) is 12.3. The average Bonchev–Trinajstić information content (AvgIpc) is 2.36. The maximum Gasteiger partial charge on any atom is 0.259 e. The Morgan fingerprint density at radius 2 is 2.00 bits per heavy atom. The van der Waals surface area contributed by atoms with Crippen molar-refractivity contribution < 1.29 is 18.7 Å². The number of hydrogen-bond donors (Lipinski definition) is 1. The molecule has 1 aromatic rings. The Labute approximate surface area is 123 Å². The Balaban J connectivity index is 2.20. The van der Waals surface area contributed by atoms with Gasteiger partial charge in [0.15, 0.2) is 0 Å². The van der Waals surface area contributed by atoms with Gasteiger partial charge in [-0.3, -0.25) is 4.79 Å². The van der Waals surface area contributed by atoms with Crippen LogP contribution in [0.4, 0.5) is 8.78 Å². The second kappa shape index (κ2) is 6.07. The van der Waals surface area contributed by atoms with Crippen molar-refractivity contribution in [3.8, 4) is 0 Å². The summed E-state index contributed by atoms with van der Waals surface area (Å²) in [5.41, 5.74) is -1.59. The molecule has 1 saturated heterocycles. The van der Waals surface area contributed by atoms with Gasteiger partial charge in [-0.15, -0.1) is 0 Å². The highest BCUT2D eigenvalue weighted by molar-refractivity contribution is 5.94. The van der Waals surface area contributed by atoms with E-state index in [1.807, 2.05) is 19.0 Å². The second-order valence-electron chi connectivity index (χ2n) is 5.89. The third-order valence-electron chi connectivity index (χ3n) is 3.63. The van der Waals surface area contributed by atoms with Crippen LogP contribution in [0, 0.1) is 11.6 Å². The van der Waals surface area contributed by atoms with E-state index in [-0.39, 0.29) is 6.54 Å². The smallest absolute Gasteiger partial charge is 0.259 e. The van der Waals surface area contributed by atoms with Crippen molar-refractivity contribution in [2.45, 2.75) is 18.4 Å². The molecule has 1 fully saturated rings. The molecule has 1 aliphatic rings. The summed E-state index contributed by atoms with van der Waals surface area (Å²) in [7, 11) is 3.66. The highest BCUT2D eigenvalue weighted by Gasteiger charge is 2.37. The van der Waals surface area contributed by atoms with Gasteiger partial charge in [-0.2, -0.15) is 0 Å². The van der Waals surface area contributed by atoms with E-state index in [1.165, 1.54) is 11.0 Å². The number of likely N-dealkylation sites (N-methyl/N-ethyl adjacent to an activating group) is 1. The van der Waals surface area contributed by atoms with Crippen LogP contribution < -0.4 is 0 Å². The summed E-state index contributed by atoms with van der Waals surface area (Å²) in [6, 6.07) is 3.35. The molecule has 1 heterocycles. The predicted octanol–water partition coefficient (Wildman–Crippen LogP) is 1.49. The summed E-state index contributed by atoms with van der Waals surface area (Å²) in [5.74, 6) is -2.45. The Kier molecular flexibility index (Phi) is 4.58. The maximum atomic E-state index is 13.7. The largest absolute Gasteiger partial charge is 0.387 e. The van der Waals surface area contributed by atoms with Crippen molar-refractivity contribution in [1.82, 2.24) is 9.80 Å². The van der Waals surface area contributed by atoms with E-state index in [1.54, 1.807) is 0 Å². The van der Waals surface area contributed by atoms with Gasteiger partial charge in [-0.05, 0) is 39.1 Å². The SMILES string of the molecule is CN(C)C[C@@]1(O)CCCN(C(=O)c2c(F)cccc2F)C1. The zero-order chi connectivity index (χ0) is 15.6. The van der Waals surface area contributed by atoms with Crippen LogP contribution in [0.1, 0.15) is 23.2 Å². The number of likely N-dealkylation sites (tertiary alicyclic amines) is 1. The molecule has 1 aromatic carbocycles. The fourth-order valence-corrected chi connectivity index (χ4v) is 2.86. The number of benzene rings is 1. The lowest BCUT2D eigenvalue weighted by Crippen LogP contribution is -2.54. The first-order chi connectivity index (χ1) is 9.82. The predicted molar refractivity (Wildman–Crippen MR) is 75.0 cm³/mol. The van der Waals surface area contributed by atoms with E-state index in [9.17, 15) is 18.7 Å². The molecular weight excluding hydrogens is 278 g/mol. The van der Waals surface area contributed by atoms with Crippen LogP contribution in [0.3, 0.4) is 0 Å². The van der Waals surface area contributed by atoms with E-state index in [0.29, 0.717) is 25.9 Å².